The molecule has 1 aliphatic heterocycles. The molecular weight excluding hydrogens is 244 g/mol. The van der Waals surface area contributed by atoms with Gasteiger partial charge in [0.25, 0.3) is 0 Å². The van der Waals surface area contributed by atoms with Gasteiger partial charge in [0.2, 0.25) is 0 Å². The molecule has 1 aromatic carbocycles. The van der Waals surface area contributed by atoms with Crippen molar-refractivity contribution in [1.29, 1.82) is 0 Å². The number of carbonyl (C=O) groups is 1. The lowest BCUT2D eigenvalue weighted by atomic mass is 10.0. The van der Waals surface area contributed by atoms with E-state index >= 15 is 0 Å². The van der Waals surface area contributed by atoms with Crippen LogP contribution in [0, 0.1) is 13.8 Å². The molecule has 2 heterocycles. The summed E-state index contributed by atoms with van der Waals surface area (Å²) < 4.78 is 2.02. The Bertz CT molecular complexity index is 631. The summed E-state index contributed by atoms with van der Waals surface area (Å²) in [6.45, 7) is 5.01. The Kier molecular flexibility index (Phi) is 2.74. The third kappa shape index (κ3) is 1.68. The van der Waals surface area contributed by atoms with Gasteiger partial charge in [-0.05, 0) is 19.4 Å². The number of aldehydes is 1. The molecular formula is C14H14N2OS. The Morgan fingerprint density at radius 1 is 1.39 bits per heavy atom. The van der Waals surface area contributed by atoms with Crippen molar-refractivity contribution in [2.75, 3.05) is 5.75 Å². The quantitative estimate of drug-likeness (QED) is 0.776. The van der Waals surface area contributed by atoms with Crippen molar-refractivity contribution in [1.82, 2.24) is 9.55 Å². The molecule has 0 radical (unpaired) electrons. The van der Waals surface area contributed by atoms with E-state index in [4.69, 9.17) is 0 Å². The molecule has 0 saturated carbocycles. The summed E-state index contributed by atoms with van der Waals surface area (Å²) in [6, 6.07) is 6.25. The van der Waals surface area contributed by atoms with Crippen LogP contribution in [0.5, 0.6) is 0 Å². The van der Waals surface area contributed by atoms with Gasteiger partial charge in [-0.1, -0.05) is 35.5 Å². The number of nitrogens with zero attached hydrogens (tertiary/aromatic N) is 2. The molecule has 0 aliphatic carbocycles. The summed E-state index contributed by atoms with van der Waals surface area (Å²) in [6.07, 6.45) is 0.928. The van der Waals surface area contributed by atoms with Gasteiger partial charge in [0.1, 0.15) is 11.4 Å². The minimum atomic E-state index is 0.710. The first-order valence-corrected chi connectivity index (χ1v) is 6.95. The van der Waals surface area contributed by atoms with Gasteiger partial charge in [0.15, 0.2) is 11.4 Å². The summed E-state index contributed by atoms with van der Waals surface area (Å²) in [7, 11) is 0. The highest BCUT2D eigenvalue weighted by Gasteiger charge is 2.22. The van der Waals surface area contributed by atoms with Crippen molar-refractivity contribution < 1.29 is 4.79 Å². The Balaban J connectivity index is 2.20. The van der Waals surface area contributed by atoms with Crippen molar-refractivity contribution in [2.24, 2.45) is 0 Å². The Morgan fingerprint density at radius 3 is 2.94 bits per heavy atom. The summed E-state index contributed by atoms with van der Waals surface area (Å²) in [5.74, 6) is 1.01. The number of hydrogen-bond acceptors (Lipinski definition) is 3. The number of hydrogen-bond donors (Lipinski definition) is 0. The van der Waals surface area contributed by atoms with E-state index in [9.17, 15) is 4.79 Å². The van der Waals surface area contributed by atoms with Crippen molar-refractivity contribution in [2.45, 2.75) is 25.5 Å². The first kappa shape index (κ1) is 11.5. The van der Waals surface area contributed by atoms with Gasteiger partial charge in [-0.3, -0.25) is 4.79 Å². The molecule has 0 spiro atoms. The van der Waals surface area contributed by atoms with Crippen LogP contribution in [0.4, 0.5) is 0 Å². The molecule has 1 aliphatic rings. The summed E-state index contributed by atoms with van der Waals surface area (Å²) in [5, 5.41) is 0.965. The molecule has 0 bridgehead atoms. The molecule has 18 heavy (non-hydrogen) atoms. The molecule has 0 N–H and O–H groups in total. The van der Waals surface area contributed by atoms with Crippen molar-refractivity contribution in [3.05, 3.63) is 35.0 Å². The van der Waals surface area contributed by atoms with Gasteiger partial charge in [-0.2, -0.15) is 0 Å². The molecule has 3 nitrogen and oxygen atoms in total. The fourth-order valence-electron chi connectivity index (χ4n) is 2.40. The average Bonchev–Trinajstić information content (AvgIpc) is 2.88. The molecule has 0 saturated heterocycles. The zero-order valence-corrected chi connectivity index (χ0v) is 11.3. The molecule has 0 unspecified atom stereocenters. The lowest BCUT2D eigenvalue weighted by Crippen LogP contribution is -2.00. The molecule has 1 aromatic heterocycles. The Morgan fingerprint density at radius 2 is 2.22 bits per heavy atom. The maximum Gasteiger partial charge on any atom is 0.169 e. The zero-order valence-electron chi connectivity index (χ0n) is 10.4. The van der Waals surface area contributed by atoms with Gasteiger partial charge >= 0.3 is 0 Å². The predicted molar refractivity (Wildman–Crippen MR) is 73.2 cm³/mol. The van der Waals surface area contributed by atoms with Crippen molar-refractivity contribution in [3.63, 3.8) is 0 Å². The van der Waals surface area contributed by atoms with E-state index < -0.39 is 0 Å². The van der Waals surface area contributed by atoms with Crippen LogP contribution in [0.2, 0.25) is 0 Å². The highest BCUT2D eigenvalue weighted by Crippen LogP contribution is 2.33. The van der Waals surface area contributed by atoms with Crippen molar-refractivity contribution in [3.8, 4) is 11.3 Å². The Hall–Kier alpha value is -1.55. The minimum Gasteiger partial charge on any atom is -0.315 e. The summed E-state index contributed by atoms with van der Waals surface area (Å²) in [5.41, 5.74) is 4.99. The number of aromatic nitrogens is 2. The van der Waals surface area contributed by atoms with Crippen LogP contribution < -0.4 is 0 Å². The predicted octanol–water partition coefficient (Wildman–Crippen LogP) is 3.09. The monoisotopic (exact) mass is 258 g/mol. The van der Waals surface area contributed by atoms with E-state index in [-0.39, 0.29) is 0 Å². The van der Waals surface area contributed by atoms with Gasteiger partial charge in [0, 0.05) is 17.9 Å². The van der Waals surface area contributed by atoms with E-state index in [1.807, 2.05) is 4.57 Å². The van der Waals surface area contributed by atoms with Crippen LogP contribution in [0.1, 0.15) is 21.6 Å². The van der Waals surface area contributed by atoms with E-state index in [0.29, 0.717) is 5.69 Å². The highest BCUT2D eigenvalue weighted by atomic mass is 32.2. The standard InChI is InChI=1S/C14H14N2OS/c1-9-3-4-11(10(2)7-9)13-12(8-17)16-5-6-18-14(16)15-13/h3-4,7-8H,5-6H2,1-2H3. The summed E-state index contributed by atoms with van der Waals surface area (Å²) >= 11 is 1.71. The number of fused-ring (bicyclic) bond motifs is 1. The van der Waals surface area contributed by atoms with Crippen LogP contribution in [0.25, 0.3) is 11.3 Å². The molecule has 0 fully saturated rings. The normalized spacial score (nSPS) is 13.7. The van der Waals surface area contributed by atoms with Crippen LogP contribution in [0.3, 0.4) is 0 Å². The number of aryl methyl sites for hydroxylation is 2. The van der Waals surface area contributed by atoms with E-state index in [0.717, 1.165) is 35.0 Å². The fourth-order valence-corrected chi connectivity index (χ4v) is 3.35. The highest BCUT2D eigenvalue weighted by molar-refractivity contribution is 7.99. The maximum atomic E-state index is 11.3. The third-order valence-corrected chi connectivity index (χ3v) is 4.22. The number of carbonyl (C=O) groups excluding carboxylic acids is 1. The van der Waals surface area contributed by atoms with E-state index in [1.165, 1.54) is 11.1 Å². The summed E-state index contributed by atoms with van der Waals surface area (Å²) in [4.78, 5) is 15.9. The van der Waals surface area contributed by atoms with Crippen LogP contribution in [-0.4, -0.2) is 21.6 Å². The minimum absolute atomic E-state index is 0.710. The van der Waals surface area contributed by atoms with Crippen LogP contribution >= 0.6 is 11.8 Å². The smallest absolute Gasteiger partial charge is 0.169 e. The SMILES string of the molecule is Cc1ccc(-c2nc3n(c2C=O)CCS3)c(C)c1. The van der Waals surface area contributed by atoms with Gasteiger partial charge in [-0.15, -0.1) is 0 Å². The topological polar surface area (TPSA) is 34.9 Å². The lowest BCUT2D eigenvalue weighted by molar-refractivity contribution is 0.111. The molecule has 92 valence electrons. The fraction of sp³-hybridized carbons (Fsp3) is 0.286. The van der Waals surface area contributed by atoms with Crippen LogP contribution in [0.15, 0.2) is 23.4 Å². The van der Waals surface area contributed by atoms with Gasteiger partial charge < -0.3 is 4.57 Å². The third-order valence-electron chi connectivity index (χ3n) is 3.27. The lowest BCUT2D eigenvalue weighted by Gasteiger charge is -2.06. The maximum absolute atomic E-state index is 11.3. The molecule has 0 atom stereocenters. The van der Waals surface area contributed by atoms with Crippen LogP contribution in [-0.2, 0) is 6.54 Å². The van der Waals surface area contributed by atoms with Gasteiger partial charge in [0.05, 0.1) is 0 Å². The molecule has 0 amide bonds. The molecule has 3 rings (SSSR count). The van der Waals surface area contributed by atoms with Gasteiger partial charge in [-0.25, -0.2) is 4.98 Å². The molecule has 2 aromatic rings. The largest absolute Gasteiger partial charge is 0.315 e. The second-order valence-corrected chi connectivity index (χ2v) is 5.63. The first-order chi connectivity index (χ1) is 8.70. The number of imidazole rings is 1. The Labute approximate surface area is 110 Å². The second kappa shape index (κ2) is 4.28. The number of thioether (sulfide) groups is 1. The zero-order chi connectivity index (χ0) is 12.7. The second-order valence-electron chi connectivity index (χ2n) is 4.56. The van der Waals surface area contributed by atoms with E-state index in [1.54, 1.807) is 11.8 Å². The number of benzene rings is 1. The molecule has 4 heteroatoms. The average molecular weight is 258 g/mol. The van der Waals surface area contributed by atoms with Crippen molar-refractivity contribution >= 4 is 18.0 Å². The van der Waals surface area contributed by atoms with E-state index in [2.05, 4.69) is 37.0 Å². The number of rotatable bonds is 2. The first-order valence-electron chi connectivity index (χ1n) is 5.97.